The molecule has 0 radical (unpaired) electrons. The molecule has 0 heterocycles. The van der Waals surface area contributed by atoms with Crippen molar-refractivity contribution in [2.24, 2.45) is 10.9 Å². The van der Waals surface area contributed by atoms with Crippen LogP contribution in [0.4, 0.5) is 0 Å². The van der Waals surface area contributed by atoms with Gasteiger partial charge in [-0.15, -0.1) is 0 Å². The summed E-state index contributed by atoms with van der Waals surface area (Å²) in [5.41, 5.74) is 1.08. The number of carbonyl (C=O) groups is 1. The molecule has 1 aliphatic rings. The van der Waals surface area contributed by atoms with Gasteiger partial charge in [-0.3, -0.25) is 4.99 Å². The van der Waals surface area contributed by atoms with Gasteiger partial charge in [-0.25, -0.2) is 4.79 Å². The molecule has 0 saturated carbocycles. The third-order valence-electron chi connectivity index (χ3n) is 3.49. The Bertz CT molecular complexity index is 531. The molecule has 1 aliphatic carbocycles. The first-order valence-electron chi connectivity index (χ1n) is 7.34. The van der Waals surface area contributed by atoms with Crippen molar-refractivity contribution in [2.75, 3.05) is 6.61 Å². The van der Waals surface area contributed by atoms with Gasteiger partial charge in [-0.2, -0.15) is 0 Å². The second kappa shape index (κ2) is 8.20. The summed E-state index contributed by atoms with van der Waals surface area (Å²) in [4.78, 5) is 15.9. The smallest absolute Gasteiger partial charge is 0.348 e. The number of carbonyl (C=O) groups excluding carboxylic acids is 1. The van der Waals surface area contributed by atoms with Gasteiger partial charge in [0.05, 0.1) is 12.6 Å². The lowest BCUT2D eigenvalue weighted by Gasteiger charge is -2.12. The first kappa shape index (κ1) is 15.2. The molecule has 2 rings (SSSR count). The van der Waals surface area contributed by atoms with Crippen molar-refractivity contribution < 1.29 is 9.53 Å². The predicted octanol–water partition coefficient (Wildman–Crippen LogP) is 3.88. The maximum Gasteiger partial charge on any atom is 0.348 e. The Balaban J connectivity index is 1.70. The summed E-state index contributed by atoms with van der Waals surface area (Å²) in [5.74, 6) is 0.107. The number of hydrogen-bond donors (Lipinski definition) is 0. The first-order chi connectivity index (χ1) is 10.3. The van der Waals surface area contributed by atoms with Gasteiger partial charge in [-0.05, 0) is 31.2 Å². The molecule has 1 unspecified atom stereocenters. The number of nitrogens with zero attached hydrogens (tertiary/aromatic N) is 1. The van der Waals surface area contributed by atoms with Gasteiger partial charge in [0.1, 0.15) is 6.21 Å². The van der Waals surface area contributed by atoms with E-state index in [9.17, 15) is 4.79 Å². The molecular formula is C18H21NO2. The fourth-order valence-corrected chi connectivity index (χ4v) is 2.18. The molecule has 3 heteroatoms. The first-order valence-corrected chi connectivity index (χ1v) is 7.34. The molecule has 0 amide bonds. The van der Waals surface area contributed by atoms with Crippen LogP contribution in [0.1, 0.15) is 31.4 Å². The molecule has 2 atom stereocenters. The minimum atomic E-state index is -0.367. The predicted molar refractivity (Wildman–Crippen MR) is 85.3 cm³/mol. The third-order valence-corrected chi connectivity index (χ3v) is 3.49. The fourth-order valence-electron chi connectivity index (χ4n) is 2.18. The van der Waals surface area contributed by atoms with E-state index in [-0.39, 0.29) is 12.0 Å². The van der Waals surface area contributed by atoms with Gasteiger partial charge in [0.2, 0.25) is 0 Å². The standard InChI is InChI=1S/C18H21NO2/c1-15(17-10-6-3-7-11-17)19-14-18(20)21-13-12-16-8-4-2-5-9-16/h2-8,10-11,14-16H,9,12-13H2,1H3/t15-,16?/m0/s1. The van der Waals surface area contributed by atoms with E-state index in [1.54, 1.807) is 0 Å². The second-order valence-electron chi connectivity index (χ2n) is 5.13. The lowest BCUT2D eigenvalue weighted by molar-refractivity contribution is -0.135. The van der Waals surface area contributed by atoms with Crippen molar-refractivity contribution in [1.82, 2.24) is 0 Å². The number of allylic oxidation sites excluding steroid dienone is 4. The number of rotatable bonds is 6. The largest absolute Gasteiger partial charge is 0.461 e. The Kier molecular flexibility index (Phi) is 5.95. The van der Waals surface area contributed by atoms with Crippen molar-refractivity contribution in [3.63, 3.8) is 0 Å². The Morgan fingerprint density at radius 1 is 1.38 bits per heavy atom. The topological polar surface area (TPSA) is 38.7 Å². The van der Waals surface area contributed by atoms with Crippen LogP contribution in [0.5, 0.6) is 0 Å². The normalized spacial score (nSPS) is 18.8. The highest BCUT2D eigenvalue weighted by Gasteiger charge is 2.07. The van der Waals surface area contributed by atoms with Crippen LogP contribution in [0, 0.1) is 5.92 Å². The van der Waals surface area contributed by atoms with E-state index in [2.05, 4.69) is 17.1 Å². The Morgan fingerprint density at radius 3 is 2.90 bits per heavy atom. The zero-order chi connectivity index (χ0) is 14.9. The van der Waals surface area contributed by atoms with Crippen LogP contribution in [0.2, 0.25) is 0 Å². The number of aliphatic imine (C=N–C) groups is 1. The van der Waals surface area contributed by atoms with Crippen LogP contribution in [0.25, 0.3) is 0 Å². The van der Waals surface area contributed by atoms with Gasteiger partial charge < -0.3 is 4.74 Å². The Hall–Kier alpha value is -2.16. The van der Waals surface area contributed by atoms with Gasteiger partial charge in [0.25, 0.3) is 0 Å². The summed E-state index contributed by atoms with van der Waals surface area (Å²) < 4.78 is 5.18. The van der Waals surface area contributed by atoms with Crippen molar-refractivity contribution in [3.8, 4) is 0 Å². The molecule has 110 valence electrons. The summed E-state index contributed by atoms with van der Waals surface area (Å²) in [7, 11) is 0. The molecule has 21 heavy (non-hydrogen) atoms. The van der Waals surface area contributed by atoms with E-state index in [1.807, 2.05) is 49.4 Å². The lowest BCUT2D eigenvalue weighted by atomic mass is 9.98. The average molecular weight is 283 g/mol. The van der Waals surface area contributed by atoms with Crippen LogP contribution in [0.3, 0.4) is 0 Å². The molecule has 0 aliphatic heterocycles. The molecule has 1 aromatic carbocycles. The fraction of sp³-hybridized carbons (Fsp3) is 0.333. The van der Waals surface area contributed by atoms with Gasteiger partial charge in [0, 0.05) is 0 Å². The minimum Gasteiger partial charge on any atom is -0.461 e. The maximum absolute atomic E-state index is 11.6. The van der Waals surface area contributed by atoms with Crippen LogP contribution in [0.15, 0.2) is 59.6 Å². The summed E-state index contributed by atoms with van der Waals surface area (Å²) in [6, 6.07) is 9.85. The van der Waals surface area contributed by atoms with Crippen molar-refractivity contribution in [3.05, 3.63) is 60.2 Å². The van der Waals surface area contributed by atoms with E-state index >= 15 is 0 Å². The van der Waals surface area contributed by atoms with Crippen molar-refractivity contribution >= 4 is 12.2 Å². The molecule has 0 spiro atoms. The SMILES string of the molecule is C[C@H](N=CC(=O)OCCC1C=CC=CC1)c1ccccc1. The summed E-state index contributed by atoms with van der Waals surface area (Å²) in [6.45, 7) is 2.39. The molecule has 1 aromatic rings. The van der Waals surface area contributed by atoms with E-state index in [4.69, 9.17) is 4.74 Å². The van der Waals surface area contributed by atoms with Gasteiger partial charge in [-0.1, -0.05) is 54.6 Å². The van der Waals surface area contributed by atoms with Crippen molar-refractivity contribution in [2.45, 2.75) is 25.8 Å². The second-order valence-corrected chi connectivity index (χ2v) is 5.13. The third kappa shape index (κ3) is 5.38. The molecule has 3 nitrogen and oxygen atoms in total. The number of ether oxygens (including phenoxy) is 1. The van der Waals surface area contributed by atoms with E-state index in [1.165, 1.54) is 6.21 Å². The lowest BCUT2D eigenvalue weighted by Crippen LogP contribution is -2.10. The number of benzene rings is 1. The number of esters is 1. The highest BCUT2D eigenvalue weighted by atomic mass is 16.5. The van der Waals surface area contributed by atoms with Gasteiger partial charge in [0.15, 0.2) is 0 Å². The minimum absolute atomic E-state index is 0.0369. The molecular weight excluding hydrogens is 262 g/mol. The van der Waals surface area contributed by atoms with Crippen LogP contribution < -0.4 is 0 Å². The monoisotopic (exact) mass is 283 g/mol. The van der Waals surface area contributed by atoms with E-state index < -0.39 is 0 Å². The molecule has 0 aromatic heterocycles. The zero-order valence-corrected chi connectivity index (χ0v) is 12.3. The zero-order valence-electron chi connectivity index (χ0n) is 12.3. The van der Waals surface area contributed by atoms with Crippen LogP contribution in [-0.2, 0) is 9.53 Å². The van der Waals surface area contributed by atoms with Crippen LogP contribution in [-0.4, -0.2) is 18.8 Å². The van der Waals surface area contributed by atoms with Crippen LogP contribution >= 0.6 is 0 Å². The summed E-state index contributed by atoms with van der Waals surface area (Å²) in [6.07, 6.45) is 11.5. The highest BCUT2D eigenvalue weighted by Crippen LogP contribution is 2.16. The summed E-state index contributed by atoms with van der Waals surface area (Å²) in [5, 5.41) is 0. The molecule has 0 bridgehead atoms. The average Bonchev–Trinajstić information content (AvgIpc) is 2.54. The molecule has 0 fully saturated rings. The number of hydrogen-bond acceptors (Lipinski definition) is 3. The summed E-state index contributed by atoms with van der Waals surface area (Å²) >= 11 is 0. The Morgan fingerprint density at radius 2 is 2.19 bits per heavy atom. The maximum atomic E-state index is 11.6. The van der Waals surface area contributed by atoms with E-state index in [0.29, 0.717) is 12.5 Å². The molecule has 0 saturated heterocycles. The molecule has 0 N–H and O–H groups in total. The Labute approximate surface area is 126 Å². The van der Waals surface area contributed by atoms with E-state index in [0.717, 1.165) is 18.4 Å². The van der Waals surface area contributed by atoms with Crippen molar-refractivity contribution in [1.29, 1.82) is 0 Å². The van der Waals surface area contributed by atoms with Gasteiger partial charge >= 0.3 is 5.97 Å². The quantitative estimate of drug-likeness (QED) is 0.587. The highest BCUT2D eigenvalue weighted by molar-refractivity contribution is 6.23.